The van der Waals surface area contributed by atoms with Gasteiger partial charge in [0.15, 0.2) is 0 Å². The van der Waals surface area contributed by atoms with Crippen LogP contribution in [0.2, 0.25) is 0 Å². The molecule has 10 heteroatoms. The maximum atomic E-state index is 12.3. The van der Waals surface area contributed by atoms with Crippen LogP contribution in [0.5, 0.6) is 0 Å². The molecule has 10 nitrogen and oxygen atoms in total. The Morgan fingerprint density at radius 3 is 2.63 bits per heavy atom. The number of oxime groups is 1. The van der Waals surface area contributed by atoms with Crippen LogP contribution in [0.15, 0.2) is 51.0 Å². The zero-order valence-electron chi connectivity index (χ0n) is 18.0. The van der Waals surface area contributed by atoms with Gasteiger partial charge in [0.25, 0.3) is 0 Å². The Bertz CT molecular complexity index is 1030. The summed E-state index contributed by atoms with van der Waals surface area (Å²) in [7, 11) is 1.55. The van der Waals surface area contributed by atoms with E-state index in [-0.39, 0.29) is 12.3 Å². The summed E-state index contributed by atoms with van der Waals surface area (Å²) >= 11 is 0. The summed E-state index contributed by atoms with van der Waals surface area (Å²) in [6.07, 6.45) is 2.16. The Labute approximate surface area is 175 Å². The summed E-state index contributed by atoms with van der Waals surface area (Å²) in [5.41, 5.74) is 3.28. The van der Waals surface area contributed by atoms with Crippen LogP contribution in [-0.2, 0) is 23.2 Å². The fraction of sp³-hybridized carbons (Fsp3) is 0.400. The molecule has 0 saturated carbocycles. The molecule has 0 bridgehead atoms. The minimum absolute atomic E-state index is 0.210. The smallest absolute Gasteiger partial charge is 0.368 e. The van der Waals surface area contributed by atoms with Crippen molar-refractivity contribution in [3.8, 4) is 5.69 Å². The van der Waals surface area contributed by atoms with Gasteiger partial charge < -0.3 is 9.57 Å². The molecule has 1 aromatic heterocycles. The van der Waals surface area contributed by atoms with E-state index in [4.69, 9.17) is 9.57 Å². The fourth-order valence-corrected chi connectivity index (χ4v) is 2.35. The predicted octanol–water partition coefficient (Wildman–Crippen LogP) is 2.55. The molecule has 30 heavy (non-hydrogen) atoms. The molecule has 160 valence electrons. The van der Waals surface area contributed by atoms with Crippen molar-refractivity contribution in [3.05, 3.63) is 52.5 Å². The van der Waals surface area contributed by atoms with Gasteiger partial charge in [-0.3, -0.25) is 0 Å². The van der Waals surface area contributed by atoms with Gasteiger partial charge in [-0.1, -0.05) is 36.9 Å². The van der Waals surface area contributed by atoms with Crippen molar-refractivity contribution in [2.75, 3.05) is 6.61 Å². The molecule has 0 aliphatic heterocycles. The van der Waals surface area contributed by atoms with E-state index in [0.29, 0.717) is 36.0 Å². The number of hydrogen-bond acceptors (Lipinski definition) is 8. The topological polar surface area (TPSA) is 108 Å². The van der Waals surface area contributed by atoms with Crippen LogP contribution >= 0.6 is 0 Å². The van der Waals surface area contributed by atoms with E-state index in [2.05, 4.69) is 32.4 Å². The molecule has 0 amide bonds. The third-order valence-electron chi connectivity index (χ3n) is 4.25. The lowest BCUT2D eigenvalue weighted by Gasteiger charge is -2.13. The Kier molecular flexibility index (Phi) is 8.21. The zero-order valence-corrected chi connectivity index (χ0v) is 18.0. The molecule has 0 aliphatic carbocycles. The normalized spacial score (nSPS) is 12.8. The maximum absolute atomic E-state index is 12.3. The molecule has 1 aromatic carbocycles. The van der Waals surface area contributed by atoms with Crippen molar-refractivity contribution in [2.24, 2.45) is 22.4 Å². The summed E-state index contributed by atoms with van der Waals surface area (Å²) in [6, 6.07) is 5.60. The highest BCUT2D eigenvalue weighted by Gasteiger charge is 2.14. The molecule has 2 rings (SSSR count). The van der Waals surface area contributed by atoms with Gasteiger partial charge in [0.2, 0.25) is 5.90 Å². The number of tetrazole rings is 1. The minimum atomic E-state index is -0.333. The molecular weight excluding hydrogens is 386 g/mol. The standard InChI is InChI=1S/C20H27N7O3/c1-7-12-30-23-16(5)15(4)21-22-19(8-2)29-13-17-14(3)10-9-11-18(17)27-20(28)26(6)24-25-27/h7,9-11H,1,8,12-13H2,2-6H3. The third kappa shape index (κ3) is 5.72. The number of aryl methyl sites for hydroxylation is 2. The van der Waals surface area contributed by atoms with Crippen molar-refractivity contribution in [1.29, 1.82) is 0 Å². The molecule has 2 aromatic rings. The highest BCUT2D eigenvalue weighted by atomic mass is 16.6. The lowest BCUT2D eigenvalue weighted by Crippen LogP contribution is -2.23. The number of nitrogens with zero attached hydrogens (tertiary/aromatic N) is 7. The zero-order chi connectivity index (χ0) is 22.1. The fourth-order valence-electron chi connectivity index (χ4n) is 2.35. The largest absolute Gasteiger partial charge is 0.475 e. The molecule has 0 N–H and O–H groups in total. The van der Waals surface area contributed by atoms with E-state index in [1.165, 1.54) is 9.36 Å². The first-order valence-corrected chi connectivity index (χ1v) is 9.48. The second-order valence-electron chi connectivity index (χ2n) is 6.45. The summed E-state index contributed by atoms with van der Waals surface area (Å²) in [5, 5.41) is 20.0. The van der Waals surface area contributed by atoms with Gasteiger partial charge >= 0.3 is 5.69 Å². The average molecular weight is 413 g/mol. The highest BCUT2D eigenvalue weighted by molar-refractivity contribution is 6.40. The van der Waals surface area contributed by atoms with Crippen LogP contribution in [0.4, 0.5) is 0 Å². The van der Waals surface area contributed by atoms with Crippen molar-refractivity contribution >= 4 is 17.3 Å². The quantitative estimate of drug-likeness (QED) is 0.206. The minimum Gasteiger partial charge on any atom is -0.475 e. The van der Waals surface area contributed by atoms with E-state index < -0.39 is 0 Å². The first-order chi connectivity index (χ1) is 14.4. The van der Waals surface area contributed by atoms with Gasteiger partial charge in [-0.05, 0) is 42.8 Å². The van der Waals surface area contributed by atoms with Gasteiger partial charge in [-0.15, -0.1) is 5.10 Å². The predicted molar refractivity (Wildman–Crippen MR) is 116 cm³/mol. The lowest BCUT2D eigenvalue weighted by atomic mass is 10.1. The van der Waals surface area contributed by atoms with Crippen molar-refractivity contribution in [1.82, 2.24) is 19.8 Å². The van der Waals surface area contributed by atoms with Crippen LogP contribution in [-0.4, -0.2) is 43.7 Å². The van der Waals surface area contributed by atoms with Crippen LogP contribution in [0.25, 0.3) is 5.69 Å². The van der Waals surface area contributed by atoms with Gasteiger partial charge in [0.05, 0.1) is 17.1 Å². The lowest BCUT2D eigenvalue weighted by molar-refractivity contribution is 0.175. The van der Waals surface area contributed by atoms with E-state index in [1.807, 2.05) is 26.0 Å². The Balaban J connectivity index is 2.21. The molecule has 0 atom stereocenters. The number of aromatic nitrogens is 4. The second kappa shape index (κ2) is 10.8. The SMILES string of the molecule is C=CCON=C(C)C(C)=NN=C(CC)OCc1c(C)cccc1-n1nnn(C)c1=O. The molecule has 1 heterocycles. The van der Waals surface area contributed by atoms with E-state index in [1.54, 1.807) is 33.0 Å². The van der Waals surface area contributed by atoms with E-state index >= 15 is 0 Å². The van der Waals surface area contributed by atoms with Crippen LogP contribution in [0.1, 0.15) is 38.3 Å². The van der Waals surface area contributed by atoms with Gasteiger partial charge in [-0.25, -0.2) is 4.79 Å². The van der Waals surface area contributed by atoms with Gasteiger partial charge in [0.1, 0.15) is 13.2 Å². The first kappa shape index (κ1) is 22.7. The monoisotopic (exact) mass is 413 g/mol. The Morgan fingerprint density at radius 2 is 2.00 bits per heavy atom. The van der Waals surface area contributed by atoms with E-state index in [0.717, 1.165) is 11.1 Å². The highest BCUT2D eigenvalue weighted by Crippen LogP contribution is 2.18. The number of hydrogen-bond donors (Lipinski definition) is 0. The molecule has 0 spiro atoms. The molecular formula is C20H27N7O3. The molecule has 0 radical (unpaired) electrons. The summed E-state index contributed by atoms with van der Waals surface area (Å²) in [4.78, 5) is 17.3. The Hall–Kier alpha value is -3.56. The van der Waals surface area contributed by atoms with Crippen LogP contribution in [0, 0.1) is 6.92 Å². The van der Waals surface area contributed by atoms with Crippen molar-refractivity contribution < 1.29 is 9.57 Å². The Morgan fingerprint density at radius 1 is 1.23 bits per heavy atom. The number of rotatable bonds is 9. The van der Waals surface area contributed by atoms with Gasteiger partial charge in [-0.2, -0.15) is 14.5 Å². The summed E-state index contributed by atoms with van der Waals surface area (Å²) in [6.45, 7) is 11.5. The third-order valence-corrected chi connectivity index (χ3v) is 4.25. The second-order valence-corrected chi connectivity index (χ2v) is 6.45. The van der Waals surface area contributed by atoms with Crippen molar-refractivity contribution in [3.63, 3.8) is 0 Å². The molecule has 0 saturated heterocycles. The number of ether oxygens (including phenoxy) is 1. The van der Waals surface area contributed by atoms with Crippen LogP contribution < -0.4 is 5.69 Å². The van der Waals surface area contributed by atoms with Crippen LogP contribution in [0.3, 0.4) is 0 Å². The maximum Gasteiger partial charge on any atom is 0.368 e. The molecule has 0 aliphatic rings. The average Bonchev–Trinajstić information content (AvgIpc) is 3.07. The molecule has 0 unspecified atom stereocenters. The molecule has 0 fully saturated rings. The van der Waals surface area contributed by atoms with E-state index in [9.17, 15) is 4.79 Å². The summed E-state index contributed by atoms with van der Waals surface area (Å²) in [5.74, 6) is 0.454. The number of benzene rings is 1. The van der Waals surface area contributed by atoms with Gasteiger partial charge in [0, 0.05) is 19.0 Å². The summed E-state index contributed by atoms with van der Waals surface area (Å²) < 4.78 is 8.31. The first-order valence-electron chi connectivity index (χ1n) is 9.48. The van der Waals surface area contributed by atoms with Crippen molar-refractivity contribution in [2.45, 2.75) is 40.7 Å².